The van der Waals surface area contributed by atoms with Crippen molar-refractivity contribution in [3.05, 3.63) is 152 Å². The Balaban J connectivity index is 1.36. The van der Waals surface area contributed by atoms with Gasteiger partial charge in [-0.2, -0.15) is 0 Å². The lowest BCUT2D eigenvalue weighted by Crippen LogP contribution is -2.07. The van der Waals surface area contributed by atoms with Crippen LogP contribution < -0.4 is 0 Å². The van der Waals surface area contributed by atoms with Crippen LogP contribution in [0.25, 0.3) is 23.3 Å². The van der Waals surface area contributed by atoms with Gasteiger partial charge in [-0.25, -0.2) is 4.99 Å². The summed E-state index contributed by atoms with van der Waals surface area (Å²) >= 11 is 0. The van der Waals surface area contributed by atoms with Crippen LogP contribution in [-0.2, 0) is 12.8 Å². The second-order valence-electron chi connectivity index (χ2n) is 10.9. The average Bonchev–Trinajstić information content (AvgIpc) is 3.71. The lowest BCUT2D eigenvalue weighted by Gasteiger charge is -2.19. The van der Waals surface area contributed by atoms with Gasteiger partial charge in [-0.05, 0) is 107 Å². The molecule has 7 rings (SSSR count). The molecule has 0 saturated carbocycles. The van der Waals surface area contributed by atoms with Crippen LogP contribution in [0.2, 0.25) is 0 Å². The highest BCUT2D eigenvalue weighted by Gasteiger charge is 2.24. The van der Waals surface area contributed by atoms with Crippen molar-refractivity contribution in [3.8, 4) is 0 Å². The lowest BCUT2D eigenvalue weighted by molar-refractivity contribution is 1.15. The molecule has 39 heavy (non-hydrogen) atoms. The number of allylic oxidation sites excluding steroid dienone is 4. The van der Waals surface area contributed by atoms with E-state index in [-0.39, 0.29) is 0 Å². The molecule has 0 unspecified atom stereocenters. The van der Waals surface area contributed by atoms with Crippen LogP contribution in [0, 0.1) is 20.8 Å². The molecule has 0 spiro atoms. The summed E-state index contributed by atoms with van der Waals surface area (Å²) in [5.74, 6) is 0. The SMILES string of the molecule is [B]n1c(C2=Cc3ccccc3C2)ccc1/C(=C1/C=CC(C2=Cc3ccccc3C2)=N1)c1c(C)cc(C)cc1C. The fourth-order valence-corrected chi connectivity index (χ4v) is 6.44. The van der Waals surface area contributed by atoms with Crippen molar-refractivity contribution in [1.82, 2.24) is 4.48 Å². The second kappa shape index (κ2) is 9.13. The summed E-state index contributed by atoms with van der Waals surface area (Å²) in [7, 11) is 6.93. The Bertz CT molecular complexity index is 1810. The summed E-state index contributed by atoms with van der Waals surface area (Å²) in [5, 5.41) is 0. The molecule has 0 amide bonds. The Labute approximate surface area is 231 Å². The van der Waals surface area contributed by atoms with E-state index in [9.17, 15) is 0 Å². The van der Waals surface area contributed by atoms with Crippen molar-refractivity contribution >= 4 is 37.0 Å². The maximum absolute atomic E-state index is 6.93. The third-order valence-corrected chi connectivity index (χ3v) is 8.19. The quantitative estimate of drug-likeness (QED) is 0.254. The molecule has 0 fully saturated rings. The minimum atomic E-state index is 0.891. The number of nitrogens with zero attached hydrogens (tertiary/aromatic N) is 2. The van der Waals surface area contributed by atoms with Gasteiger partial charge in [0.2, 0.25) is 7.98 Å². The maximum atomic E-state index is 6.93. The summed E-state index contributed by atoms with van der Waals surface area (Å²) in [6.45, 7) is 6.53. The molecule has 1 aliphatic heterocycles. The molecule has 2 radical (unpaired) electrons. The van der Waals surface area contributed by atoms with Crippen molar-refractivity contribution < 1.29 is 0 Å². The standard InChI is InChI=1S/C36H29BN2/c1-22-16-23(2)35(24(3)17-22)36(32-13-12-31(38-32)29-18-25-8-4-5-9-26(25)19-29)34-15-14-33(39(34)37)30-20-27-10-6-7-11-28(27)21-30/h4-18,20H,19,21H2,1-3H3/b36-32+. The molecule has 4 aromatic rings. The molecule has 1 aromatic heterocycles. The largest absolute Gasteiger partial charge is 0.397 e. The Morgan fingerprint density at radius 1 is 0.744 bits per heavy atom. The highest BCUT2D eigenvalue weighted by molar-refractivity contribution is 6.16. The summed E-state index contributed by atoms with van der Waals surface area (Å²) < 4.78 is 1.87. The molecule has 3 aliphatic rings. The van der Waals surface area contributed by atoms with Gasteiger partial charge in [-0.15, -0.1) is 0 Å². The topological polar surface area (TPSA) is 17.3 Å². The van der Waals surface area contributed by atoms with Gasteiger partial charge < -0.3 is 4.48 Å². The first-order valence-corrected chi connectivity index (χ1v) is 13.6. The maximum Gasteiger partial charge on any atom is 0.234 e. The van der Waals surface area contributed by atoms with Crippen molar-refractivity contribution in [1.29, 1.82) is 0 Å². The Kier molecular flexibility index (Phi) is 5.56. The third-order valence-electron chi connectivity index (χ3n) is 8.19. The van der Waals surface area contributed by atoms with Gasteiger partial charge in [0.05, 0.1) is 11.4 Å². The van der Waals surface area contributed by atoms with E-state index >= 15 is 0 Å². The van der Waals surface area contributed by atoms with Crippen molar-refractivity contribution in [3.63, 3.8) is 0 Å². The van der Waals surface area contributed by atoms with Crippen molar-refractivity contribution in [2.24, 2.45) is 4.99 Å². The first-order chi connectivity index (χ1) is 19.0. The molecular formula is C36H29BN2. The van der Waals surface area contributed by atoms with Crippen LogP contribution >= 0.6 is 0 Å². The Morgan fingerprint density at radius 3 is 2.03 bits per heavy atom. The predicted octanol–water partition coefficient (Wildman–Crippen LogP) is 7.85. The predicted molar refractivity (Wildman–Crippen MR) is 165 cm³/mol. The number of aryl methyl sites for hydroxylation is 3. The van der Waals surface area contributed by atoms with E-state index in [0.29, 0.717) is 0 Å². The van der Waals surface area contributed by atoms with Crippen LogP contribution in [0.4, 0.5) is 0 Å². The lowest BCUT2D eigenvalue weighted by atomic mass is 9.90. The van der Waals surface area contributed by atoms with E-state index in [0.717, 1.165) is 41.2 Å². The first kappa shape index (κ1) is 23.7. The number of hydrogen-bond donors (Lipinski definition) is 0. The number of hydrogen-bond acceptors (Lipinski definition) is 1. The van der Waals surface area contributed by atoms with Gasteiger partial charge in [0, 0.05) is 29.8 Å². The monoisotopic (exact) mass is 500 g/mol. The van der Waals surface area contributed by atoms with E-state index in [4.69, 9.17) is 13.0 Å². The number of aromatic nitrogens is 1. The minimum absolute atomic E-state index is 0.891. The summed E-state index contributed by atoms with van der Waals surface area (Å²) in [5.41, 5.74) is 17.8. The van der Waals surface area contributed by atoms with E-state index in [1.807, 2.05) is 4.48 Å². The van der Waals surface area contributed by atoms with E-state index in [1.54, 1.807) is 0 Å². The highest BCUT2D eigenvalue weighted by Crippen LogP contribution is 2.39. The fourth-order valence-electron chi connectivity index (χ4n) is 6.44. The molecular weight excluding hydrogens is 471 g/mol. The third kappa shape index (κ3) is 4.01. The van der Waals surface area contributed by atoms with Crippen LogP contribution in [-0.4, -0.2) is 18.2 Å². The van der Waals surface area contributed by atoms with Gasteiger partial charge >= 0.3 is 0 Å². The van der Waals surface area contributed by atoms with Gasteiger partial charge in [-0.3, -0.25) is 0 Å². The van der Waals surface area contributed by atoms with Gasteiger partial charge in [0.1, 0.15) is 0 Å². The molecule has 0 atom stereocenters. The Hall–Kier alpha value is -4.37. The van der Waals surface area contributed by atoms with Gasteiger partial charge in [0.15, 0.2) is 0 Å². The molecule has 3 aromatic carbocycles. The average molecular weight is 500 g/mol. The smallest absolute Gasteiger partial charge is 0.234 e. The van der Waals surface area contributed by atoms with Crippen LogP contribution in [0.3, 0.4) is 0 Å². The van der Waals surface area contributed by atoms with Crippen LogP contribution in [0.5, 0.6) is 0 Å². The molecule has 2 heterocycles. The van der Waals surface area contributed by atoms with E-state index in [2.05, 4.69) is 118 Å². The summed E-state index contributed by atoms with van der Waals surface area (Å²) in [4.78, 5) is 5.22. The van der Waals surface area contributed by atoms with Crippen LogP contribution in [0.15, 0.2) is 101 Å². The van der Waals surface area contributed by atoms with Gasteiger partial charge in [-0.1, -0.05) is 66.2 Å². The fraction of sp³-hybridized carbons (Fsp3) is 0.139. The highest BCUT2D eigenvalue weighted by atomic mass is 14.9. The first-order valence-electron chi connectivity index (χ1n) is 13.6. The molecule has 3 heteroatoms. The zero-order chi connectivity index (χ0) is 26.7. The number of benzene rings is 3. The number of fused-ring (bicyclic) bond motifs is 2. The zero-order valence-electron chi connectivity index (χ0n) is 22.6. The number of rotatable bonds is 4. The second-order valence-corrected chi connectivity index (χ2v) is 10.9. The van der Waals surface area contributed by atoms with E-state index in [1.165, 1.54) is 55.7 Å². The molecule has 2 nitrogen and oxygen atoms in total. The van der Waals surface area contributed by atoms with Crippen LogP contribution in [0.1, 0.15) is 55.9 Å². The molecule has 2 aliphatic carbocycles. The molecule has 0 saturated heterocycles. The Morgan fingerprint density at radius 2 is 1.36 bits per heavy atom. The molecule has 0 bridgehead atoms. The molecule has 186 valence electrons. The summed E-state index contributed by atoms with van der Waals surface area (Å²) in [6, 6.07) is 26.0. The normalized spacial score (nSPS) is 16.6. The summed E-state index contributed by atoms with van der Waals surface area (Å²) in [6.07, 6.45) is 10.7. The van der Waals surface area contributed by atoms with Gasteiger partial charge in [0.25, 0.3) is 0 Å². The molecule has 0 N–H and O–H groups in total. The van der Waals surface area contributed by atoms with Crippen molar-refractivity contribution in [2.75, 3.05) is 0 Å². The zero-order valence-corrected chi connectivity index (χ0v) is 22.6. The minimum Gasteiger partial charge on any atom is -0.397 e. The van der Waals surface area contributed by atoms with Crippen molar-refractivity contribution in [2.45, 2.75) is 33.6 Å². The van der Waals surface area contributed by atoms with E-state index < -0.39 is 0 Å². The number of aliphatic imine (C=N–C) groups is 1.